The number of rotatable bonds is 6. The van der Waals surface area contributed by atoms with Crippen molar-refractivity contribution in [2.45, 2.75) is 32.2 Å². The summed E-state index contributed by atoms with van der Waals surface area (Å²) < 4.78 is 2.10. The summed E-state index contributed by atoms with van der Waals surface area (Å²) in [6, 6.07) is 16.6. The fraction of sp³-hybridized carbons (Fsp3) is 0.308. The number of hydrogen-bond acceptors (Lipinski definition) is 4. The van der Waals surface area contributed by atoms with Crippen molar-refractivity contribution in [3.05, 3.63) is 78.9 Å². The summed E-state index contributed by atoms with van der Waals surface area (Å²) in [4.78, 5) is 23.2. The zero-order valence-electron chi connectivity index (χ0n) is 18.1. The van der Waals surface area contributed by atoms with E-state index in [2.05, 4.69) is 50.1 Å². The van der Waals surface area contributed by atoms with E-state index in [4.69, 9.17) is 0 Å². The van der Waals surface area contributed by atoms with Crippen LogP contribution in [0.5, 0.6) is 0 Å². The van der Waals surface area contributed by atoms with Crippen LogP contribution in [0.2, 0.25) is 0 Å². The van der Waals surface area contributed by atoms with Crippen molar-refractivity contribution in [3.8, 4) is 11.3 Å². The first-order chi connectivity index (χ1) is 15.8. The molecular weight excluding hydrogens is 398 g/mol. The van der Waals surface area contributed by atoms with Crippen molar-refractivity contribution in [1.82, 2.24) is 24.6 Å². The Bertz CT molecular complexity index is 1180. The second-order valence-corrected chi connectivity index (χ2v) is 8.50. The molecule has 0 spiro atoms. The van der Waals surface area contributed by atoms with Crippen molar-refractivity contribution in [3.63, 3.8) is 0 Å². The summed E-state index contributed by atoms with van der Waals surface area (Å²) in [6.45, 7) is 2.57. The molecule has 0 saturated carbocycles. The van der Waals surface area contributed by atoms with Crippen LogP contribution in [0, 0.1) is 5.92 Å². The Kier molecular flexibility index (Phi) is 5.92. The van der Waals surface area contributed by atoms with Gasteiger partial charge in [-0.15, -0.1) is 0 Å². The van der Waals surface area contributed by atoms with E-state index < -0.39 is 0 Å². The standard InChI is InChI=1S/C26H27N5O/c32-26(9-6-20-4-2-1-3-5-20)30-14-10-21(11-15-30)19-31-25-8-7-22(16-23(25)17-29-31)24-18-27-12-13-28-24/h1-5,7-8,12-13,16-18,21H,6,9-11,14-15,19H2. The van der Waals surface area contributed by atoms with Crippen LogP contribution < -0.4 is 0 Å². The molecule has 0 atom stereocenters. The van der Waals surface area contributed by atoms with Gasteiger partial charge in [0.15, 0.2) is 0 Å². The lowest BCUT2D eigenvalue weighted by atomic mass is 9.96. The van der Waals surface area contributed by atoms with Crippen molar-refractivity contribution >= 4 is 16.8 Å². The number of piperidine rings is 1. The van der Waals surface area contributed by atoms with Crippen LogP contribution in [0.4, 0.5) is 0 Å². The number of nitrogens with zero attached hydrogens (tertiary/aromatic N) is 5. The third-order valence-electron chi connectivity index (χ3n) is 6.37. The van der Waals surface area contributed by atoms with Crippen LogP contribution >= 0.6 is 0 Å². The first-order valence-corrected chi connectivity index (χ1v) is 11.3. The minimum absolute atomic E-state index is 0.272. The van der Waals surface area contributed by atoms with Gasteiger partial charge in [-0.25, -0.2) is 0 Å². The normalized spacial score (nSPS) is 14.7. The molecule has 4 aromatic rings. The predicted octanol–water partition coefficient (Wildman–Crippen LogP) is 4.36. The molecule has 0 unspecified atom stereocenters. The van der Waals surface area contributed by atoms with Crippen molar-refractivity contribution < 1.29 is 4.79 Å². The van der Waals surface area contributed by atoms with Gasteiger partial charge in [-0.05, 0) is 42.9 Å². The van der Waals surface area contributed by atoms with Gasteiger partial charge in [0.25, 0.3) is 0 Å². The predicted molar refractivity (Wildman–Crippen MR) is 125 cm³/mol. The quantitative estimate of drug-likeness (QED) is 0.460. The summed E-state index contributed by atoms with van der Waals surface area (Å²) in [5, 5.41) is 5.75. The molecule has 2 aromatic carbocycles. The Balaban J connectivity index is 1.17. The van der Waals surface area contributed by atoms with Gasteiger partial charge in [0.05, 0.1) is 23.6 Å². The lowest BCUT2D eigenvalue weighted by Gasteiger charge is -2.32. The SMILES string of the molecule is O=C(CCc1ccccc1)N1CCC(Cn2ncc3cc(-c4cnccn4)ccc32)CC1. The van der Waals surface area contributed by atoms with Gasteiger partial charge in [-0.2, -0.15) is 5.10 Å². The molecule has 5 rings (SSSR count). The van der Waals surface area contributed by atoms with Crippen LogP contribution in [-0.2, 0) is 17.8 Å². The number of benzene rings is 2. The summed E-state index contributed by atoms with van der Waals surface area (Å²) >= 11 is 0. The molecule has 6 nitrogen and oxygen atoms in total. The molecule has 0 radical (unpaired) electrons. The molecule has 1 aliphatic rings. The van der Waals surface area contributed by atoms with E-state index in [-0.39, 0.29) is 5.91 Å². The van der Waals surface area contributed by atoms with E-state index in [0.717, 1.165) is 61.1 Å². The Hall–Kier alpha value is -3.54. The maximum absolute atomic E-state index is 12.6. The van der Waals surface area contributed by atoms with Crippen LogP contribution in [0.25, 0.3) is 22.2 Å². The van der Waals surface area contributed by atoms with Gasteiger partial charge in [0.2, 0.25) is 5.91 Å². The van der Waals surface area contributed by atoms with Gasteiger partial charge >= 0.3 is 0 Å². The fourth-order valence-electron chi connectivity index (χ4n) is 4.50. The van der Waals surface area contributed by atoms with Crippen molar-refractivity contribution in [2.75, 3.05) is 13.1 Å². The van der Waals surface area contributed by atoms with E-state index in [1.807, 2.05) is 29.3 Å². The largest absolute Gasteiger partial charge is 0.343 e. The van der Waals surface area contributed by atoms with Crippen LogP contribution in [0.1, 0.15) is 24.8 Å². The number of likely N-dealkylation sites (tertiary alicyclic amines) is 1. The van der Waals surface area contributed by atoms with Gasteiger partial charge in [0, 0.05) is 49.4 Å². The van der Waals surface area contributed by atoms with Gasteiger partial charge in [0.1, 0.15) is 0 Å². The number of aryl methyl sites for hydroxylation is 1. The minimum atomic E-state index is 0.272. The molecule has 2 aromatic heterocycles. The summed E-state index contributed by atoms with van der Waals surface area (Å²) in [5.41, 5.74) is 4.28. The molecule has 1 aliphatic heterocycles. The van der Waals surface area contributed by atoms with Gasteiger partial charge < -0.3 is 4.90 Å². The van der Waals surface area contributed by atoms with Crippen molar-refractivity contribution in [2.24, 2.45) is 5.92 Å². The first-order valence-electron chi connectivity index (χ1n) is 11.3. The minimum Gasteiger partial charge on any atom is -0.343 e. The highest BCUT2D eigenvalue weighted by Crippen LogP contribution is 2.25. The van der Waals surface area contributed by atoms with Gasteiger partial charge in [-0.1, -0.05) is 36.4 Å². The number of fused-ring (bicyclic) bond motifs is 1. The van der Waals surface area contributed by atoms with E-state index in [9.17, 15) is 4.79 Å². The Labute approximate surface area is 187 Å². The first kappa shape index (κ1) is 20.4. The van der Waals surface area contributed by atoms with Gasteiger partial charge in [-0.3, -0.25) is 19.4 Å². The van der Waals surface area contributed by atoms with Crippen LogP contribution in [0.15, 0.2) is 73.3 Å². The molecule has 32 heavy (non-hydrogen) atoms. The third-order valence-corrected chi connectivity index (χ3v) is 6.37. The molecule has 0 bridgehead atoms. The Morgan fingerprint density at radius 1 is 1.00 bits per heavy atom. The number of carbonyl (C=O) groups excluding carboxylic acids is 1. The highest BCUT2D eigenvalue weighted by atomic mass is 16.2. The number of hydrogen-bond donors (Lipinski definition) is 0. The molecule has 0 N–H and O–H groups in total. The summed E-state index contributed by atoms with van der Waals surface area (Å²) in [5.74, 6) is 0.810. The molecule has 6 heteroatoms. The molecule has 162 valence electrons. The van der Waals surface area contributed by atoms with E-state index in [1.165, 1.54) is 5.56 Å². The third kappa shape index (κ3) is 4.54. The summed E-state index contributed by atoms with van der Waals surface area (Å²) in [7, 11) is 0. The topological polar surface area (TPSA) is 63.9 Å². The summed E-state index contributed by atoms with van der Waals surface area (Å²) in [6.07, 6.45) is 10.6. The second kappa shape index (κ2) is 9.30. The average molecular weight is 426 g/mol. The molecular formula is C26H27N5O. The maximum atomic E-state index is 12.6. The number of carbonyl (C=O) groups is 1. The second-order valence-electron chi connectivity index (χ2n) is 8.50. The van der Waals surface area contributed by atoms with Crippen LogP contribution in [-0.4, -0.2) is 43.6 Å². The highest BCUT2D eigenvalue weighted by molar-refractivity contribution is 5.83. The molecule has 3 heterocycles. The monoisotopic (exact) mass is 425 g/mol. The van der Waals surface area contributed by atoms with E-state index >= 15 is 0 Å². The highest BCUT2D eigenvalue weighted by Gasteiger charge is 2.23. The molecule has 1 amide bonds. The number of aromatic nitrogens is 4. The molecule has 1 fully saturated rings. The average Bonchev–Trinajstić information content (AvgIpc) is 3.26. The fourth-order valence-corrected chi connectivity index (χ4v) is 4.50. The Morgan fingerprint density at radius 3 is 2.62 bits per heavy atom. The zero-order valence-corrected chi connectivity index (χ0v) is 18.1. The Morgan fingerprint density at radius 2 is 1.84 bits per heavy atom. The number of amides is 1. The van der Waals surface area contributed by atoms with E-state index in [0.29, 0.717) is 12.3 Å². The van der Waals surface area contributed by atoms with E-state index in [1.54, 1.807) is 18.6 Å². The smallest absolute Gasteiger partial charge is 0.222 e. The molecule has 1 saturated heterocycles. The zero-order chi connectivity index (χ0) is 21.8. The molecule has 0 aliphatic carbocycles. The van der Waals surface area contributed by atoms with Crippen molar-refractivity contribution in [1.29, 1.82) is 0 Å². The lowest BCUT2D eigenvalue weighted by Crippen LogP contribution is -2.39. The lowest BCUT2D eigenvalue weighted by molar-refractivity contribution is -0.132. The maximum Gasteiger partial charge on any atom is 0.222 e. The van der Waals surface area contributed by atoms with Crippen LogP contribution in [0.3, 0.4) is 0 Å².